The van der Waals surface area contributed by atoms with Crippen LogP contribution in [-0.2, 0) is 0 Å². The van der Waals surface area contributed by atoms with Crippen molar-refractivity contribution < 1.29 is 4.79 Å². The molecule has 0 saturated carbocycles. The number of pyridine rings is 1. The zero-order chi connectivity index (χ0) is 21.4. The van der Waals surface area contributed by atoms with Gasteiger partial charge in [0.1, 0.15) is 5.69 Å². The fourth-order valence-electron chi connectivity index (χ4n) is 3.69. The fraction of sp³-hybridized carbons (Fsp3) is 0.182. The lowest BCUT2D eigenvalue weighted by Crippen LogP contribution is -2.46. The molecule has 0 spiro atoms. The molecule has 0 aliphatic carbocycles. The van der Waals surface area contributed by atoms with Crippen LogP contribution in [-0.4, -0.2) is 57.0 Å². The molecular weight excluding hydrogens is 416 g/mol. The van der Waals surface area contributed by atoms with Crippen LogP contribution < -0.4 is 10.9 Å². The first-order chi connectivity index (χ1) is 15.1. The summed E-state index contributed by atoms with van der Waals surface area (Å²) in [6.07, 6.45) is 1.69. The molecule has 4 aromatic rings. The monoisotopic (exact) mass is 434 g/mol. The van der Waals surface area contributed by atoms with Crippen molar-refractivity contribution in [1.82, 2.24) is 30.2 Å². The van der Waals surface area contributed by atoms with Gasteiger partial charge in [0.25, 0.3) is 11.5 Å². The van der Waals surface area contributed by atoms with Gasteiger partial charge >= 0.3 is 0 Å². The summed E-state index contributed by atoms with van der Waals surface area (Å²) in [5.41, 5.74) is 2.69. The highest BCUT2D eigenvalue weighted by atomic mass is 35.5. The number of benzene rings is 2. The molecule has 1 fully saturated rings. The van der Waals surface area contributed by atoms with Crippen LogP contribution in [0, 0.1) is 0 Å². The number of nitrogens with one attached hydrogen (secondary N) is 2. The number of carbonyl (C=O) groups excluding carboxylic acids is 1. The van der Waals surface area contributed by atoms with Crippen molar-refractivity contribution in [2.24, 2.45) is 0 Å². The van der Waals surface area contributed by atoms with Gasteiger partial charge in [-0.2, -0.15) is 0 Å². The predicted molar refractivity (Wildman–Crippen MR) is 119 cm³/mol. The molecule has 0 bridgehead atoms. The number of hydrogen-bond donors (Lipinski definition) is 2. The minimum atomic E-state index is -0.251. The lowest BCUT2D eigenvalue weighted by atomic mass is 10.1. The second-order valence-corrected chi connectivity index (χ2v) is 7.82. The number of piperazine rings is 1. The molecule has 0 radical (unpaired) electrons. The number of aromatic amines is 1. The number of aromatic nitrogens is 4. The average Bonchev–Trinajstić information content (AvgIpc) is 3.29. The second-order valence-electron chi connectivity index (χ2n) is 7.38. The molecule has 8 nitrogen and oxygen atoms in total. The van der Waals surface area contributed by atoms with Crippen LogP contribution in [0.1, 0.15) is 10.4 Å². The molecule has 0 atom stereocenters. The Balaban J connectivity index is 1.42. The average molecular weight is 435 g/mol. The molecular formula is C22H19ClN6O2. The third kappa shape index (κ3) is 3.83. The van der Waals surface area contributed by atoms with E-state index in [-0.39, 0.29) is 11.5 Å². The molecule has 156 valence electrons. The van der Waals surface area contributed by atoms with E-state index in [0.29, 0.717) is 40.4 Å². The molecule has 2 aromatic heterocycles. The lowest BCUT2D eigenvalue weighted by molar-refractivity contribution is 0.0736. The standard InChI is InChI=1S/C22H19ClN6O2/c23-16-3-6-19-15(11-16)12-18(21(30)25-19)20-13-29(27-26-20)17-4-1-14(2-5-17)22(31)28-9-7-24-8-10-28/h1-6,11-13,24H,7-10H2,(H,25,30). The summed E-state index contributed by atoms with van der Waals surface area (Å²) in [6, 6.07) is 14.2. The quantitative estimate of drug-likeness (QED) is 0.516. The lowest BCUT2D eigenvalue weighted by Gasteiger charge is -2.27. The van der Waals surface area contributed by atoms with Crippen molar-refractivity contribution in [3.63, 3.8) is 0 Å². The molecule has 2 N–H and O–H groups in total. The third-order valence-electron chi connectivity index (χ3n) is 5.36. The number of carbonyl (C=O) groups is 1. The van der Waals surface area contributed by atoms with E-state index < -0.39 is 0 Å². The molecule has 5 rings (SSSR count). The highest BCUT2D eigenvalue weighted by molar-refractivity contribution is 6.31. The van der Waals surface area contributed by atoms with Crippen LogP contribution in [0.3, 0.4) is 0 Å². The normalized spacial score (nSPS) is 14.2. The summed E-state index contributed by atoms with van der Waals surface area (Å²) in [5.74, 6) is 0.0219. The maximum absolute atomic E-state index is 12.6. The number of halogens is 1. The summed E-state index contributed by atoms with van der Waals surface area (Å²) < 4.78 is 1.58. The van der Waals surface area contributed by atoms with Gasteiger partial charge in [0.2, 0.25) is 0 Å². The van der Waals surface area contributed by atoms with Crippen LogP contribution in [0.15, 0.2) is 59.5 Å². The summed E-state index contributed by atoms with van der Waals surface area (Å²) in [4.78, 5) is 29.8. The minimum Gasteiger partial charge on any atom is -0.336 e. The Hall–Kier alpha value is -3.49. The predicted octanol–water partition coefficient (Wildman–Crippen LogP) is 2.47. The minimum absolute atomic E-state index is 0.0219. The zero-order valence-electron chi connectivity index (χ0n) is 16.5. The Bertz CT molecular complexity index is 1320. The Labute approximate surface area is 182 Å². The van der Waals surface area contributed by atoms with Crippen LogP contribution in [0.2, 0.25) is 5.02 Å². The number of amides is 1. The number of fused-ring (bicyclic) bond motifs is 1. The second kappa shape index (κ2) is 7.98. The van der Waals surface area contributed by atoms with E-state index in [2.05, 4.69) is 20.6 Å². The third-order valence-corrected chi connectivity index (χ3v) is 5.59. The van der Waals surface area contributed by atoms with Crippen LogP contribution in [0.25, 0.3) is 27.8 Å². The van der Waals surface area contributed by atoms with E-state index >= 15 is 0 Å². The summed E-state index contributed by atoms with van der Waals surface area (Å²) in [7, 11) is 0. The molecule has 1 saturated heterocycles. The molecule has 1 amide bonds. The Kier molecular flexibility index (Phi) is 5.01. The first-order valence-corrected chi connectivity index (χ1v) is 10.3. The largest absolute Gasteiger partial charge is 0.336 e. The van der Waals surface area contributed by atoms with E-state index in [1.54, 1.807) is 47.3 Å². The van der Waals surface area contributed by atoms with E-state index in [1.807, 2.05) is 17.0 Å². The summed E-state index contributed by atoms with van der Waals surface area (Å²) in [6.45, 7) is 3.04. The van der Waals surface area contributed by atoms with Crippen molar-refractivity contribution >= 4 is 28.4 Å². The van der Waals surface area contributed by atoms with E-state index in [4.69, 9.17) is 11.6 Å². The van der Waals surface area contributed by atoms with Gasteiger partial charge in [-0.05, 0) is 48.5 Å². The van der Waals surface area contributed by atoms with E-state index in [1.165, 1.54) is 0 Å². The van der Waals surface area contributed by atoms with Crippen molar-refractivity contribution in [2.45, 2.75) is 0 Å². The van der Waals surface area contributed by atoms with Gasteiger partial charge in [-0.25, -0.2) is 4.68 Å². The molecule has 1 aliphatic rings. The van der Waals surface area contributed by atoms with Gasteiger partial charge in [0, 0.05) is 47.7 Å². The first-order valence-electron chi connectivity index (χ1n) is 9.94. The summed E-state index contributed by atoms with van der Waals surface area (Å²) in [5, 5.41) is 13.0. The number of nitrogens with zero attached hydrogens (tertiary/aromatic N) is 4. The smallest absolute Gasteiger partial charge is 0.258 e. The van der Waals surface area contributed by atoms with Gasteiger partial charge in [0.15, 0.2) is 0 Å². The maximum Gasteiger partial charge on any atom is 0.258 e. The highest BCUT2D eigenvalue weighted by Crippen LogP contribution is 2.21. The van der Waals surface area contributed by atoms with Gasteiger partial charge in [0.05, 0.1) is 17.4 Å². The molecule has 31 heavy (non-hydrogen) atoms. The highest BCUT2D eigenvalue weighted by Gasteiger charge is 2.18. The fourth-order valence-corrected chi connectivity index (χ4v) is 3.87. The van der Waals surface area contributed by atoms with E-state index in [0.717, 1.165) is 24.2 Å². The first kappa shape index (κ1) is 19.5. The zero-order valence-corrected chi connectivity index (χ0v) is 17.3. The van der Waals surface area contributed by atoms with Crippen molar-refractivity contribution in [2.75, 3.05) is 26.2 Å². The van der Waals surface area contributed by atoms with Crippen molar-refractivity contribution in [3.05, 3.63) is 75.7 Å². The molecule has 3 heterocycles. The van der Waals surface area contributed by atoms with Crippen molar-refractivity contribution in [1.29, 1.82) is 0 Å². The van der Waals surface area contributed by atoms with Gasteiger partial charge in [-0.15, -0.1) is 5.10 Å². The van der Waals surface area contributed by atoms with Crippen molar-refractivity contribution in [3.8, 4) is 16.9 Å². The van der Waals surface area contributed by atoms with Gasteiger partial charge in [-0.3, -0.25) is 9.59 Å². The SMILES string of the molecule is O=C(c1ccc(-n2cc(-c3cc4cc(Cl)ccc4[nH]c3=O)nn2)cc1)N1CCNCC1. The number of H-pyrrole nitrogens is 1. The molecule has 1 aliphatic heterocycles. The Morgan fingerprint density at radius 3 is 2.58 bits per heavy atom. The van der Waals surface area contributed by atoms with Gasteiger partial charge in [-0.1, -0.05) is 16.8 Å². The number of hydrogen-bond acceptors (Lipinski definition) is 5. The van der Waals surface area contributed by atoms with Crippen LogP contribution >= 0.6 is 11.6 Å². The molecule has 9 heteroatoms. The van der Waals surface area contributed by atoms with Crippen LogP contribution in [0.5, 0.6) is 0 Å². The Morgan fingerprint density at radius 1 is 1.03 bits per heavy atom. The van der Waals surface area contributed by atoms with Gasteiger partial charge < -0.3 is 15.2 Å². The van der Waals surface area contributed by atoms with E-state index in [9.17, 15) is 9.59 Å². The topological polar surface area (TPSA) is 95.9 Å². The Morgan fingerprint density at radius 2 is 1.81 bits per heavy atom. The van der Waals surface area contributed by atoms with Crippen LogP contribution in [0.4, 0.5) is 0 Å². The number of rotatable bonds is 3. The maximum atomic E-state index is 12.6. The molecule has 0 unspecified atom stereocenters. The molecule has 2 aromatic carbocycles. The summed E-state index contributed by atoms with van der Waals surface area (Å²) >= 11 is 6.07.